The highest BCUT2D eigenvalue weighted by atomic mass is 32.2. The summed E-state index contributed by atoms with van der Waals surface area (Å²) < 4.78 is -0.0515. The van der Waals surface area contributed by atoms with E-state index in [0.29, 0.717) is 0 Å². The monoisotopic (exact) mass is 174 g/mol. The van der Waals surface area contributed by atoms with E-state index in [4.69, 9.17) is 5.73 Å². The molecule has 4 heteroatoms. The number of amides is 1. The molecule has 0 aromatic rings. The molecule has 1 aliphatic rings. The third-order valence-corrected chi connectivity index (χ3v) is 3.29. The molecule has 1 rings (SSSR count). The van der Waals surface area contributed by atoms with E-state index in [1.54, 1.807) is 11.8 Å². The van der Waals surface area contributed by atoms with Gasteiger partial charge in [-0.05, 0) is 13.8 Å². The second-order valence-corrected chi connectivity index (χ2v) is 4.99. The van der Waals surface area contributed by atoms with E-state index in [1.807, 2.05) is 13.8 Å². The zero-order chi connectivity index (χ0) is 8.48. The highest BCUT2D eigenvalue weighted by Gasteiger charge is 2.36. The first-order valence-corrected chi connectivity index (χ1v) is 4.69. The predicted molar refractivity (Wildman–Crippen MR) is 47.5 cm³/mol. The predicted octanol–water partition coefficient (Wildman–Crippen LogP) is -0.0447. The van der Waals surface area contributed by atoms with Crippen LogP contribution in [0.5, 0.6) is 0 Å². The summed E-state index contributed by atoms with van der Waals surface area (Å²) in [6.07, 6.45) is 0. The molecule has 11 heavy (non-hydrogen) atoms. The summed E-state index contributed by atoms with van der Waals surface area (Å²) in [7, 11) is 0. The smallest absolute Gasteiger partial charge is 0.235 e. The van der Waals surface area contributed by atoms with Crippen LogP contribution < -0.4 is 11.1 Å². The van der Waals surface area contributed by atoms with Gasteiger partial charge in [-0.3, -0.25) is 4.79 Å². The zero-order valence-corrected chi connectivity index (χ0v) is 7.70. The van der Waals surface area contributed by atoms with Crippen LogP contribution in [0, 0.1) is 0 Å². The summed E-state index contributed by atoms with van der Waals surface area (Å²) in [6, 6.07) is -0.179. The largest absolute Gasteiger partial charge is 0.368 e. The van der Waals surface area contributed by atoms with Crippen LogP contribution in [0.25, 0.3) is 0 Å². The summed E-state index contributed by atoms with van der Waals surface area (Å²) >= 11 is 1.79. The SMILES string of the molecule is CC1(C)SCCNC1C(N)=O. The molecule has 1 heterocycles. The van der Waals surface area contributed by atoms with E-state index >= 15 is 0 Å². The number of nitrogens with two attached hydrogens (primary N) is 1. The Morgan fingerprint density at radius 1 is 1.73 bits per heavy atom. The van der Waals surface area contributed by atoms with Gasteiger partial charge in [0, 0.05) is 17.0 Å². The van der Waals surface area contributed by atoms with Crippen molar-refractivity contribution < 1.29 is 4.79 Å². The van der Waals surface area contributed by atoms with E-state index in [0.717, 1.165) is 12.3 Å². The fraction of sp³-hybridized carbons (Fsp3) is 0.857. The van der Waals surface area contributed by atoms with Crippen LogP contribution in [0.1, 0.15) is 13.8 Å². The van der Waals surface area contributed by atoms with Gasteiger partial charge in [0.05, 0.1) is 0 Å². The lowest BCUT2D eigenvalue weighted by atomic mass is 10.0. The lowest BCUT2D eigenvalue weighted by Gasteiger charge is -2.36. The maximum atomic E-state index is 10.9. The third-order valence-electron chi connectivity index (χ3n) is 1.90. The van der Waals surface area contributed by atoms with Crippen LogP contribution in [0.15, 0.2) is 0 Å². The molecule has 3 nitrogen and oxygen atoms in total. The molecule has 0 aromatic carbocycles. The van der Waals surface area contributed by atoms with Crippen LogP contribution in [-0.4, -0.2) is 29.0 Å². The maximum Gasteiger partial charge on any atom is 0.235 e. The van der Waals surface area contributed by atoms with E-state index in [2.05, 4.69) is 5.32 Å². The number of hydrogen-bond acceptors (Lipinski definition) is 3. The average Bonchev–Trinajstić information content (AvgIpc) is 1.85. The summed E-state index contributed by atoms with van der Waals surface area (Å²) in [6.45, 7) is 4.96. The minimum atomic E-state index is -0.248. The van der Waals surface area contributed by atoms with Crippen LogP contribution >= 0.6 is 11.8 Å². The normalized spacial score (nSPS) is 29.8. The number of nitrogens with one attached hydrogen (secondary N) is 1. The van der Waals surface area contributed by atoms with E-state index in [9.17, 15) is 4.79 Å². The molecule has 1 fully saturated rings. The molecule has 1 unspecified atom stereocenters. The van der Waals surface area contributed by atoms with Gasteiger partial charge in [-0.15, -0.1) is 0 Å². The summed E-state index contributed by atoms with van der Waals surface area (Å²) in [4.78, 5) is 10.9. The van der Waals surface area contributed by atoms with Gasteiger partial charge >= 0.3 is 0 Å². The molecule has 0 spiro atoms. The van der Waals surface area contributed by atoms with Crippen LogP contribution in [0.4, 0.5) is 0 Å². The minimum absolute atomic E-state index is 0.0515. The quantitative estimate of drug-likeness (QED) is 0.586. The van der Waals surface area contributed by atoms with Crippen molar-refractivity contribution in [3.05, 3.63) is 0 Å². The molecular weight excluding hydrogens is 160 g/mol. The summed E-state index contributed by atoms with van der Waals surface area (Å²) in [5.74, 6) is 0.804. The highest BCUT2D eigenvalue weighted by Crippen LogP contribution is 2.30. The Bertz CT molecular complexity index is 170. The lowest BCUT2D eigenvalue weighted by Crippen LogP contribution is -2.56. The summed E-state index contributed by atoms with van der Waals surface area (Å²) in [5.41, 5.74) is 5.23. The third kappa shape index (κ3) is 1.87. The van der Waals surface area contributed by atoms with E-state index < -0.39 is 0 Å². The highest BCUT2D eigenvalue weighted by molar-refractivity contribution is 8.00. The molecule has 0 aromatic heterocycles. The standard InChI is InChI=1S/C7H14N2OS/c1-7(2)5(6(8)10)9-3-4-11-7/h5,9H,3-4H2,1-2H3,(H2,8,10). The topological polar surface area (TPSA) is 55.1 Å². The first kappa shape index (κ1) is 8.87. The molecule has 1 atom stereocenters. The molecule has 3 N–H and O–H groups in total. The number of carbonyl (C=O) groups is 1. The maximum absolute atomic E-state index is 10.9. The van der Waals surface area contributed by atoms with Gasteiger partial charge in [0.2, 0.25) is 5.91 Å². The van der Waals surface area contributed by atoms with Gasteiger partial charge in [0.1, 0.15) is 6.04 Å². The number of primary amides is 1. The van der Waals surface area contributed by atoms with Crippen molar-refractivity contribution in [1.82, 2.24) is 5.32 Å². The van der Waals surface area contributed by atoms with Crippen LogP contribution in [0.2, 0.25) is 0 Å². The van der Waals surface area contributed by atoms with Crippen molar-refractivity contribution >= 4 is 17.7 Å². The Balaban J connectivity index is 2.67. The van der Waals surface area contributed by atoms with Crippen LogP contribution in [0.3, 0.4) is 0 Å². The van der Waals surface area contributed by atoms with Crippen molar-refractivity contribution in [1.29, 1.82) is 0 Å². The molecule has 1 saturated heterocycles. The van der Waals surface area contributed by atoms with Crippen molar-refractivity contribution in [2.45, 2.75) is 24.6 Å². The number of thioether (sulfide) groups is 1. The zero-order valence-electron chi connectivity index (χ0n) is 6.89. The minimum Gasteiger partial charge on any atom is -0.368 e. The molecule has 0 radical (unpaired) electrons. The van der Waals surface area contributed by atoms with Crippen molar-refractivity contribution in [3.63, 3.8) is 0 Å². The molecule has 1 aliphatic heterocycles. The molecular formula is C7H14N2OS. The van der Waals surface area contributed by atoms with Gasteiger partial charge in [-0.1, -0.05) is 0 Å². The Labute approximate surface area is 71.1 Å². The van der Waals surface area contributed by atoms with E-state index in [-0.39, 0.29) is 16.7 Å². The van der Waals surface area contributed by atoms with Gasteiger partial charge in [0.15, 0.2) is 0 Å². The molecule has 64 valence electrons. The molecule has 1 amide bonds. The van der Waals surface area contributed by atoms with Crippen molar-refractivity contribution in [2.75, 3.05) is 12.3 Å². The molecule has 0 bridgehead atoms. The van der Waals surface area contributed by atoms with Gasteiger partial charge in [0.25, 0.3) is 0 Å². The fourth-order valence-electron chi connectivity index (χ4n) is 1.29. The first-order valence-electron chi connectivity index (χ1n) is 3.71. The molecule has 0 aliphatic carbocycles. The fourth-order valence-corrected chi connectivity index (χ4v) is 2.40. The molecule has 0 saturated carbocycles. The summed E-state index contributed by atoms with van der Waals surface area (Å²) in [5, 5.41) is 3.11. The number of carbonyl (C=O) groups excluding carboxylic acids is 1. The van der Waals surface area contributed by atoms with Gasteiger partial charge in [-0.25, -0.2) is 0 Å². The van der Waals surface area contributed by atoms with Gasteiger partial charge in [-0.2, -0.15) is 11.8 Å². The van der Waals surface area contributed by atoms with Crippen LogP contribution in [-0.2, 0) is 4.79 Å². The Hall–Kier alpha value is -0.220. The Kier molecular flexibility index (Phi) is 2.44. The van der Waals surface area contributed by atoms with E-state index in [1.165, 1.54) is 0 Å². The van der Waals surface area contributed by atoms with Crippen molar-refractivity contribution in [3.8, 4) is 0 Å². The number of hydrogen-bond donors (Lipinski definition) is 2. The average molecular weight is 174 g/mol. The second kappa shape index (κ2) is 3.03. The van der Waals surface area contributed by atoms with Gasteiger partial charge < -0.3 is 11.1 Å². The lowest BCUT2D eigenvalue weighted by molar-refractivity contribution is -0.120. The second-order valence-electron chi connectivity index (χ2n) is 3.24. The Morgan fingerprint density at radius 3 is 2.73 bits per heavy atom. The Morgan fingerprint density at radius 2 is 2.36 bits per heavy atom. The van der Waals surface area contributed by atoms with Crippen molar-refractivity contribution in [2.24, 2.45) is 5.73 Å². The number of rotatable bonds is 1. The first-order chi connectivity index (χ1) is 5.04.